The number of hydrogen-bond donors (Lipinski definition) is 1. The van der Waals surface area contributed by atoms with E-state index in [9.17, 15) is 9.00 Å². The highest BCUT2D eigenvalue weighted by atomic mass is 32.2. The van der Waals surface area contributed by atoms with E-state index in [0.29, 0.717) is 5.75 Å². The maximum Gasteiger partial charge on any atom is 0.304 e. The molecule has 1 aromatic carbocycles. The molecule has 0 spiro atoms. The summed E-state index contributed by atoms with van der Waals surface area (Å²) in [5, 5.41) is 8.39. The van der Waals surface area contributed by atoms with E-state index in [4.69, 9.17) is 5.11 Å². The first kappa shape index (κ1) is 14.9. The van der Waals surface area contributed by atoms with Crippen LogP contribution < -0.4 is 0 Å². The van der Waals surface area contributed by atoms with Gasteiger partial charge in [-0.25, -0.2) is 0 Å². The Bertz CT molecular complexity index is 457. The van der Waals surface area contributed by atoms with E-state index < -0.39 is 16.8 Å². The molecule has 2 unspecified atom stereocenters. The van der Waals surface area contributed by atoms with Crippen molar-refractivity contribution >= 4 is 16.8 Å². The van der Waals surface area contributed by atoms with Crippen molar-refractivity contribution in [1.82, 2.24) is 0 Å². The van der Waals surface area contributed by atoms with Gasteiger partial charge in [0.2, 0.25) is 0 Å². The van der Waals surface area contributed by atoms with E-state index in [0.717, 1.165) is 16.7 Å². The van der Waals surface area contributed by atoms with Crippen LogP contribution in [-0.4, -0.2) is 20.5 Å². The number of carbonyl (C=O) groups is 1. The number of aliphatic carboxylic acids is 1. The topological polar surface area (TPSA) is 54.4 Å². The van der Waals surface area contributed by atoms with Gasteiger partial charge in [-0.05, 0) is 37.5 Å². The third kappa shape index (κ3) is 3.95. The van der Waals surface area contributed by atoms with Gasteiger partial charge in [-0.15, -0.1) is 0 Å². The van der Waals surface area contributed by atoms with Crippen LogP contribution in [0.4, 0.5) is 0 Å². The molecule has 0 heterocycles. The van der Waals surface area contributed by atoms with E-state index >= 15 is 0 Å². The maximum absolute atomic E-state index is 12.1. The van der Waals surface area contributed by atoms with Crippen LogP contribution >= 0.6 is 0 Å². The molecule has 1 rings (SSSR count). The monoisotopic (exact) mass is 268 g/mol. The SMILES string of the molecule is Cc1cc(C)c(CS(=O)C(C)CC(=O)O)c(C)c1. The van der Waals surface area contributed by atoms with Gasteiger partial charge in [-0.3, -0.25) is 9.00 Å². The van der Waals surface area contributed by atoms with Crippen LogP contribution in [0, 0.1) is 20.8 Å². The van der Waals surface area contributed by atoms with E-state index in [2.05, 4.69) is 12.1 Å². The first-order valence-electron chi connectivity index (χ1n) is 5.97. The lowest BCUT2D eigenvalue weighted by atomic mass is 10.0. The second-order valence-electron chi connectivity index (χ2n) is 4.81. The summed E-state index contributed by atoms with van der Waals surface area (Å²) in [6.45, 7) is 7.78. The Balaban J connectivity index is 2.85. The summed E-state index contributed by atoms with van der Waals surface area (Å²) in [4.78, 5) is 10.6. The fraction of sp³-hybridized carbons (Fsp3) is 0.500. The normalized spacial score (nSPS) is 14.2. The van der Waals surface area contributed by atoms with Crippen molar-refractivity contribution in [2.24, 2.45) is 0 Å². The summed E-state index contributed by atoms with van der Waals surface area (Å²) >= 11 is 0. The molecule has 1 aromatic rings. The van der Waals surface area contributed by atoms with Gasteiger partial charge in [0.25, 0.3) is 0 Å². The minimum absolute atomic E-state index is 0.0451. The zero-order valence-corrected chi connectivity index (χ0v) is 12.1. The summed E-state index contributed by atoms with van der Waals surface area (Å²) in [5.41, 5.74) is 4.53. The molecule has 0 saturated heterocycles. The van der Waals surface area contributed by atoms with Gasteiger partial charge in [0, 0.05) is 21.8 Å². The van der Waals surface area contributed by atoms with Crippen LogP contribution in [0.1, 0.15) is 35.6 Å². The molecule has 0 fully saturated rings. The molecule has 0 radical (unpaired) electrons. The molecule has 0 amide bonds. The number of rotatable bonds is 5. The molecule has 100 valence electrons. The molecular formula is C14H20O3S. The number of aryl methyl sites for hydroxylation is 3. The van der Waals surface area contributed by atoms with Gasteiger partial charge in [0.15, 0.2) is 0 Å². The molecule has 0 aromatic heterocycles. The van der Waals surface area contributed by atoms with Crippen LogP contribution in [0.2, 0.25) is 0 Å². The maximum atomic E-state index is 12.1. The van der Waals surface area contributed by atoms with Gasteiger partial charge in [0.1, 0.15) is 0 Å². The number of carboxylic acids is 1. The molecular weight excluding hydrogens is 248 g/mol. The Morgan fingerprint density at radius 3 is 2.22 bits per heavy atom. The van der Waals surface area contributed by atoms with Crippen molar-refractivity contribution in [3.8, 4) is 0 Å². The van der Waals surface area contributed by atoms with Crippen LogP contribution in [0.5, 0.6) is 0 Å². The standard InChI is InChI=1S/C14H20O3S/c1-9-5-10(2)13(11(3)6-9)8-18(17)12(4)7-14(15)16/h5-6,12H,7-8H2,1-4H3,(H,15,16). The van der Waals surface area contributed by atoms with Crippen molar-refractivity contribution in [2.45, 2.75) is 45.1 Å². The summed E-state index contributed by atoms with van der Waals surface area (Å²) in [5.74, 6) is -0.458. The average Bonchev–Trinajstić information content (AvgIpc) is 2.21. The lowest BCUT2D eigenvalue weighted by molar-refractivity contribution is -0.136. The average molecular weight is 268 g/mol. The Morgan fingerprint density at radius 2 is 1.78 bits per heavy atom. The number of hydrogen-bond acceptors (Lipinski definition) is 2. The van der Waals surface area contributed by atoms with Crippen LogP contribution in [0.3, 0.4) is 0 Å². The molecule has 0 saturated carbocycles. The highest BCUT2D eigenvalue weighted by Gasteiger charge is 2.17. The summed E-state index contributed by atoms with van der Waals surface area (Å²) < 4.78 is 12.1. The third-order valence-corrected chi connectivity index (χ3v) is 4.68. The molecule has 2 atom stereocenters. The van der Waals surface area contributed by atoms with E-state index in [1.165, 1.54) is 5.56 Å². The van der Waals surface area contributed by atoms with Crippen molar-refractivity contribution in [3.63, 3.8) is 0 Å². The number of carboxylic acid groups (broad SMARTS) is 1. The molecule has 4 heteroatoms. The highest BCUT2D eigenvalue weighted by Crippen LogP contribution is 2.19. The Morgan fingerprint density at radius 1 is 1.28 bits per heavy atom. The predicted molar refractivity (Wildman–Crippen MR) is 74.2 cm³/mol. The van der Waals surface area contributed by atoms with Crippen LogP contribution in [0.15, 0.2) is 12.1 Å². The lowest BCUT2D eigenvalue weighted by Crippen LogP contribution is -2.17. The number of benzene rings is 1. The van der Waals surface area contributed by atoms with Crippen molar-refractivity contribution in [3.05, 3.63) is 34.4 Å². The van der Waals surface area contributed by atoms with Crippen molar-refractivity contribution in [2.75, 3.05) is 0 Å². The molecule has 0 bridgehead atoms. The smallest absolute Gasteiger partial charge is 0.304 e. The van der Waals surface area contributed by atoms with Crippen molar-refractivity contribution in [1.29, 1.82) is 0 Å². The Kier molecular flexibility index (Phi) is 5.08. The molecule has 0 aliphatic rings. The van der Waals surface area contributed by atoms with E-state index in [1.807, 2.05) is 20.8 Å². The minimum Gasteiger partial charge on any atom is -0.481 e. The quantitative estimate of drug-likeness (QED) is 0.893. The van der Waals surface area contributed by atoms with Gasteiger partial charge in [-0.2, -0.15) is 0 Å². The second-order valence-corrected chi connectivity index (χ2v) is 6.67. The van der Waals surface area contributed by atoms with Gasteiger partial charge in [0.05, 0.1) is 6.42 Å². The fourth-order valence-corrected chi connectivity index (χ4v) is 3.41. The predicted octanol–water partition coefficient (Wildman–Crippen LogP) is 2.72. The lowest BCUT2D eigenvalue weighted by Gasteiger charge is -2.14. The van der Waals surface area contributed by atoms with Gasteiger partial charge in [-0.1, -0.05) is 24.6 Å². The van der Waals surface area contributed by atoms with Gasteiger partial charge < -0.3 is 5.11 Å². The fourth-order valence-electron chi connectivity index (χ4n) is 2.06. The second kappa shape index (κ2) is 6.14. The summed E-state index contributed by atoms with van der Waals surface area (Å²) in [7, 11) is -1.14. The first-order chi connectivity index (χ1) is 8.31. The van der Waals surface area contributed by atoms with E-state index in [-0.39, 0.29) is 11.7 Å². The molecule has 0 aliphatic heterocycles. The Hall–Kier alpha value is -1.16. The summed E-state index contributed by atoms with van der Waals surface area (Å²) in [6, 6.07) is 4.14. The Labute approximate surface area is 111 Å². The molecule has 3 nitrogen and oxygen atoms in total. The molecule has 1 N–H and O–H groups in total. The zero-order chi connectivity index (χ0) is 13.9. The molecule has 18 heavy (non-hydrogen) atoms. The summed E-state index contributed by atoms with van der Waals surface area (Å²) in [6.07, 6.45) is -0.0451. The molecule has 0 aliphatic carbocycles. The van der Waals surface area contributed by atoms with Crippen LogP contribution in [0.25, 0.3) is 0 Å². The minimum atomic E-state index is -1.14. The van der Waals surface area contributed by atoms with Gasteiger partial charge >= 0.3 is 5.97 Å². The highest BCUT2D eigenvalue weighted by molar-refractivity contribution is 7.84. The van der Waals surface area contributed by atoms with E-state index in [1.54, 1.807) is 6.92 Å². The largest absolute Gasteiger partial charge is 0.481 e. The van der Waals surface area contributed by atoms with Crippen LogP contribution in [-0.2, 0) is 21.3 Å². The third-order valence-electron chi connectivity index (χ3n) is 3.04. The first-order valence-corrected chi connectivity index (χ1v) is 7.35. The zero-order valence-electron chi connectivity index (χ0n) is 11.3. The van der Waals surface area contributed by atoms with Crippen molar-refractivity contribution < 1.29 is 14.1 Å².